The predicted octanol–water partition coefficient (Wildman–Crippen LogP) is 2.86. The van der Waals surface area contributed by atoms with Crippen LogP contribution in [0.15, 0.2) is 52.5 Å². The maximum atomic E-state index is 13.3. The van der Waals surface area contributed by atoms with Crippen LogP contribution in [0.5, 0.6) is 0 Å². The second-order valence-electron chi connectivity index (χ2n) is 6.95. The minimum absolute atomic E-state index is 0.140. The summed E-state index contributed by atoms with van der Waals surface area (Å²) in [5.41, 5.74) is 0.533. The van der Waals surface area contributed by atoms with Crippen molar-refractivity contribution in [2.75, 3.05) is 31.0 Å². The summed E-state index contributed by atoms with van der Waals surface area (Å²) in [5, 5.41) is 5.12. The predicted molar refractivity (Wildman–Crippen MR) is 114 cm³/mol. The third-order valence-corrected chi connectivity index (χ3v) is 5.43. The molecule has 0 aliphatic heterocycles. The summed E-state index contributed by atoms with van der Waals surface area (Å²) in [7, 11) is -0.582. The number of rotatable bonds is 6. The van der Waals surface area contributed by atoms with Crippen molar-refractivity contribution < 1.29 is 21.6 Å². The van der Waals surface area contributed by atoms with Crippen molar-refractivity contribution >= 4 is 21.2 Å². The molecule has 2 heterocycles. The Morgan fingerprint density at radius 2 is 1.69 bits per heavy atom. The molecule has 0 radical (unpaired) electrons. The van der Waals surface area contributed by atoms with Gasteiger partial charge < -0.3 is 15.2 Å². The minimum atomic E-state index is -4.87. The molecule has 1 aromatic carbocycles. The summed E-state index contributed by atoms with van der Waals surface area (Å²) in [4.78, 5) is 19.3. The second kappa shape index (κ2) is 8.61. The van der Waals surface area contributed by atoms with E-state index in [4.69, 9.17) is 0 Å². The monoisotopic (exact) mass is 467 g/mol. The van der Waals surface area contributed by atoms with E-state index in [1.165, 1.54) is 22.9 Å². The van der Waals surface area contributed by atoms with Crippen LogP contribution in [-0.4, -0.2) is 43.3 Å². The van der Waals surface area contributed by atoms with Crippen LogP contribution in [0, 0.1) is 0 Å². The number of nitrogens with one attached hydrogen (secondary N) is 2. The highest BCUT2D eigenvalue weighted by molar-refractivity contribution is 7.90. The molecule has 8 nitrogen and oxygen atoms in total. The van der Waals surface area contributed by atoms with Crippen molar-refractivity contribution in [2.45, 2.75) is 17.9 Å². The van der Waals surface area contributed by atoms with Gasteiger partial charge in [-0.25, -0.2) is 18.4 Å². The van der Waals surface area contributed by atoms with Crippen LogP contribution in [0.4, 0.5) is 24.5 Å². The zero-order chi connectivity index (χ0) is 23.7. The van der Waals surface area contributed by atoms with Crippen molar-refractivity contribution in [3.63, 3.8) is 0 Å². The Kier molecular flexibility index (Phi) is 6.26. The van der Waals surface area contributed by atoms with Crippen LogP contribution in [-0.2, 0) is 22.6 Å². The van der Waals surface area contributed by atoms with Crippen LogP contribution in [0.25, 0.3) is 11.3 Å². The number of alkyl halides is 3. The molecule has 32 heavy (non-hydrogen) atoms. The average Bonchev–Trinajstić information content (AvgIpc) is 2.73. The molecule has 0 spiro atoms. The highest BCUT2D eigenvalue weighted by atomic mass is 32.2. The van der Waals surface area contributed by atoms with Crippen LogP contribution in [0.3, 0.4) is 0 Å². The quantitative estimate of drug-likeness (QED) is 0.537. The lowest BCUT2D eigenvalue weighted by Crippen LogP contribution is -2.19. The Bertz CT molecular complexity index is 1320. The van der Waals surface area contributed by atoms with Crippen LogP contribution in [0.2, 0.25) is 0 Å². The SMILES string of the molecule is CNc1ccc(Cn2cc(-c3cc(C(F)(F)F)nc(S(C)(=O)=O)n3)ccc2=O)cc1NC. The van der Waals surface area contributed by atoms with Gasteiger partial charge >= 0.3 is 6.18 Å². The Morgan fingerprint density at radius 1 is 1.00 bits per heavy atom. The highest BCUT2D eigenvalue weighted by Gasteiger charge is 2.35. The smallest absolute Gasteiger partial charge is 0.386 e. The number of hydrogen-bond acceptors (Lipinski definition) is 7. The highest BCUT2D eigenvalue weighted by Crippen LogP contribution is 2.31. The van der Waals surface area contributed by atoms with Crippen LogP contribution >= 0.6 is 0 Å². The van der Waals surface area contributed by atoms with Crippen molar-refractivity contribution in [3.05, 3.63) is 64.2 Å². The number of aromatic nitrogens is 3. The molecule has 0 saturated carbocycles. The zero-order valence-electron chi connectivity index (χ0n) is 17.4. The van der Waals surface area contributed by atoms with Crippen molar-refractivity contribution in [2.24, 2.45) is 0 Å². The fourth-order valence-electron chi connectivity index (χ4n) is 3.00. The standard InChI is InChI=1S/C20H20F3N5O3S/c1-24-14-6-4-12(8-16(14)25-2)10-28-11-13(5-7-18(28)29)15-9-17(20(21,22)23)27-19(26-15)32(3,30)31/h4-9,11,24-25H,10H2,1-3H3. The summed E-state index contributed by atoms with van der Waals surface area (Å²) in [6.45, 7) is 0.140. The average molecular weight is 467 g/mol. The van der Waals surface area contributed by atoms with E-state index in [-0.39, 0.29) is 23.4 Å². The molecule has 0 aliphatic rings. The van der Waals surface area contributed by atoms with Gasteiger partial charge in [0.2, 0.25) is 15.0 Å². The molecule has 0 fully saturated rings. The number of anilines is 2. The lowest BCUT2D eigenvalue weighted by Gasteiger charge is -2.13. The lowest BCUT2D eigenvalue weighted by molar-refractivity contribution is -0.141. The van der Waals surface area contributed by atoms with Gasteiger partial charge in [-0.1, -0.05) is 6.07 Å². The van der Waals surface area contributed by atoms with Gasteiger partial charge in [-0.3, -0.25) is 4.79 Å². The summed E-state index contributed by atoms with van der Waals surface area (Å²) in [5.74, 6) is 0. The van der Waals surface area contributed by atoms with E-state index in [2.05, 4.69) is 20.6 Å². The molecule has 170 valence electrons. The van der Waals surface area contributed by atoms with Crippen molar-refractivity contribution in [1.29, 1.82) is 0 Å². The Balaban J connectivity index is 2.08. The fraction of sp³-hybridized carbons (Fsp3) is 0.250. The molecule has 2 aromatic heterocycles. The minimum Gasteiger partial charge on any atom is -0.386 e. The molecule has 0 amide bonds. The van der Waals surface area contributed by atoms with E-state index in [9.17, 15) is 26.4 Å². The van der Waals surface area contributed by atoms with Gasteiger partial charge in [-0.2, -0.15) is 13.2 Å². The van der Waals surface area contributed by atoms with E-state index < -0.39 is 26.9 Å². The normalized spacial score (nSPS) is 11.9. The summed E-state index contributed by atoms with van der Waals surface area (Å²) < 4.78 is 64.7. The van der Waals surface area contributed by atoms with Crippen molar-refractivity contribution in [3.8, 4) is 11.3 Å². The molecule has 3 rings (SSSR count). The summed E-state index contributed by atoms with van der Waals surface area (Å²) >= 11 is 0. The molecule has 0 bridgehead atoms. The number of hydrogen-bond donors (Lipinski definition) is 2. The number of benzene rings is 1. The maximum absolute atomic E-state index is 13.3. The zero-order valence-corrected chi connectivity index (χ0v) is 18.2. The fourth-order valence-corrected chi connectivity index (χ4v) is 3.53. The molecular weight excluding hydrogens is 447 g/mol. The van der Waals surface area contributed by atoms with Gasteiger partial charge in [-0.05, 0) is 29.8 Å². The summed E-state index contributed by atoms with van der Waals surface area (Å²) in [6, 6.07) is 8.59. The Hall–Kier alpha value is -3.41. The second-order valence-corrected chi connectivity index (χ2v) is 8.86. The Morgan fingerprint density at radius 3 is 2.28 bits per heavy atom. The largest absolute Gasteiger partial charge is 0.433 e. The Labute approximate surface area is 182 Å². The third-order valence-electron chi connectivity index (χ3n) is 4.58. The van der Waals surface area contributed by atoms with Crippen LogP contribution < -0.4 is 16.2 Å². The first kappa shape index (κ1) is 23.3. The van der Waals surface area contributed by atoms with E-state index in [0.717, 1.165) is 23.2 Å². The van der Waals surface area contributed by atoms with Gasteiger partial charge in [0.25, 0.3) is 5.56 Å². The van der Waals surface area contributed by atoms with E-state index in [1.807, 2.05) is 12.1 Å². The lowest BCUT2D eigenvalue weighted by atomic mass is 10.1. The van der Waals surface area contributed by atoms with Gasteiger partial charge in [-0.15, -0.1) is 0 Å². The topological polar surface area (TPSA) is 106 Å². The first-order valence-corrected chi connectivity index (χ1v) is 11.2. The summed E-state index contributed by atoms with van der Waals surface area (Å²) in [6.07, 6.45) is -2.81. The number of halogens is 3. The van der Waals surface area contributed by atoms with E-state index >= 15 is 0 Å². The van der Waals surface area contributed by atoms with E-state index in [1.54, 1.807) is 20.2 Å². The van der Waals surface area contributed by atoms with Gasteiger partial charge in [0, 0.05) is 38.2 Å². The third kappa shape index (κ3) is 5.07. The van der Waals surface area contributed by atoms with Crippen LogP contribution in [0.1, 0.15) is 11.3 Å². The van der Waals surface area contributed by atoms with E-state index in [0.29, 0.717) is 6.07 Å². The molecule has 2 N–H and O–H groups in total. The number of pyridine rings is 1. The molecule has 3 aromatic rings. The molecular formula is C20H20F3N5O3S. The van der Waals surface area contributed by atoms with Gasteiger partial charge in [0.15, 0.2) is 0 Å². The molecule has 0 saturated heterocycles. The van der Waals surface area contributed by atoms with Gasteiger partial charge in [0.1, 0.15) is 5.69 Å². The first-order valence-electron chi connectivity index (χ1n) is 9.28. The molecule has 0 unspecified atom stereocenters. The maximum Gasteiger partial charge on any atom is 0.433 e. The molecule has 12 heteroatoms. The number of nitrogens with zero attached hydrogens (tertiary/aromatic N) is 3. The molecule has 0 aliphatic carbocycles. The number of sulfone groups is 1. The van der Waals surface area contributed by atoms with Crippen molar-refractivity contribution in [1.82, 2.24) is 14.5 Å². The first-order chi connectivity index (χ1) is 14.9. The molecule has 0 atom stereocenters. The van der Waals surface area contributed by atoms with Gasteiger partial charge in [0.05, 0.1) is 23.6 Å².